The summed E-state index contributed by atoms with van der Waals surface area (Å²) in [6, 6.07) is 0. The summed E-state index contributed by atoms with van der Waals surface area (Å²) in [5.74, 6) is 2.07. The van der Waals surface area contributed by atoms with Crippen molar-refractivity contribution in [3.63, 3.8) is 0 Å². The number of methoxy groups -OCH3 is 1. The van der Waals surface area contributed by atoms with Gasteiger partial charge >= 0.3 is 5.97 Å². The number of ether oxygens (including phenoxy) is 1. The number of ketones is 1. The fourth-order valence-corrected chi connectivity index (χ4v) is 5.02. The molecule has 5 unspecified atom stereocenters. The minimum Gasteiger partial charge on any atom is -0.469 e. The molecule has 19 heavy (non-hydrogen) atoms. The van der Waals surface area contributed by atoms with Crippen molar-refractivity contribution in [3.05, 3.63) is 0 Å². The van der Waals surface area contributed by atoms with Crippen LogP contribution < -0.4 is 0 Å². The van der Waals surface area contributed by atoms with E-state index >= 15 is 0 Å². The number of hydrogen-bond donors (Lipinski definition) is 0. The molecule has 3 heteroatoms. The third-order valence-corrected chi connectivity index (χ3v) is 5.86. The van der Waals surface area contributed by atoms with Crippen LogP contribution in [0.25, 0.3) is 0 Å². The zero-order chi connectivity index (χ0) is 13.4. The fourth-order valence-electron chi connectivity index (χ4n) is 5.02. The van der Waals surface area contributed by atoms with Crippen LogP contribution in [0.4, 0.5) is 0 Å². The molecule has 0 bridgehead atoms. The molecule has 5 atom stereocenters. The summed E-state index contributed by atoms with van der Waals surface area (Å²) in [4.78, 5) is 24.3. The largest absolute Gasteiger partial charge is 0.469 e. The monoisotopic (exact) mass is 264 g/mol. The Morgan fingerprint density at radius 2 is 1.84 bits per heavy atom. The molecule has 0 amide bonds. The van der Waals surface area contributed by atoms with E-state index in [0.29, 0.717) is 24.5 Å². The molecule has 0 aliphatic heterocycles. The molecular weight excluding hydrogens is 240 g/mol. The quantitative estimate of drug-likeness (QED) is 0.684. The van der Waals surface area contributed by atoms with E-state index in [4.69, 9.17) is 4.74 Å². The molecule has 106 valence electrons. The first-order valence-corrected chi connectivity index (χ1v) is 7.83. The van der Waals surface area contributed by atoms with E-state index in [1.165, 1.54) is 39.2 Å². The number of fused-ring (bicyclic) bond motifs is 3. The van der Waals surface area contributed by atoms with Crippen molar-refractivity contribution in [1.82, 2.24) is 0 Å². The maximum Gasteiger partial charge on any atom is 0.308 e. The average molecular weight is 264 g/mol. The summed E-state index contributed by atoms with van der Waals surface area (Å²) >= 11 is 0. The average Bonchev–Trinajstić information content (AvgIpc) is 2.46. The van der Waals surface area contributed by atoms with Crippen LogP contribution in [0, 0.1) is 29.6 Å². The second-order valence-corrected chi connectivity index (χ2v) is 6.61. The van der Waals surface area contributed by atoms with Crippen LogP contribution in [0.5, 0.6) is 0 Å². The van der Waals surface area contributed by atoms with Gasteiger partial charge < -0.3 is 4.74 Å². The Kier molecular flexibility index (Phi) is 3.64. The highest BCUT2D eigenvalue weighted by atomic mass is 16.5. The summed E-state index contributed by atoms with van der Waals surface area (Å²) in [5.41, 5.74) is 0. The molecule has 3 aliphatic rings. The lowest BCUT2D eigenvalue weighted by molar-refractivity contribution is -0.155. The third-order valence-electron chi connectivity index (χ3n) is 5.86. The van der Waals surface area contributed by atoms with Crippen molar-refractivity contribution >= 4 is 11.8 Å². The molecule has 0 N–H and O–H groups in total. The molecule has 0 spiro atoms. The van der Waals surface area contributed by atoms with Gasteiger partial charge in [-0.1, -0.05) is 19.3 Å². The highest BCUT2D eigenvalue weighted by Gasteiger charge is 2.50. The van der Waals surface area contributed by atoms with Crippen molar-refractivity contribution in [3.8, 4) is 0 Å². The van der Waals surface area contributed by atoms with E-state index in [-0.39, 0.29) is 23.7 Å². The van der Waals surface area contributed by atoms with E-state index in [2.05, 4.69) is 0 Å². The second kappa shape index (κ2) is 5.26. The van der Waals surface area contributed by atoms with Gasteiger partial charge in [0.1, 0.15) is 5.78 Å². The molecule has 0 heterocycles. The summed E-state index contributed by atoms with van der Waals surface area (Å²) < 4.78 is 4.96. The van der Waals surface area contributed by atoms with Crippen molar-refractivity contribution in [2.45, 2.75) is 51.4 Å². The lowest BCUT2D eigenvalue weighted by atomic mass is 9.55. The first kappa shape index (κ1) is 13.1. The summed E-state index contributed by atoms with van der Waals surface area (Å²) in [6.45, 7) is 0. The molecule has 3 nitrogen and oxygen atoms in total. The Balaban J connectivity index is 1.84. The SMILES string of the molecule is COC(=O)C1CCC(=O)C2C3CCCCC3CCC12. The van der Waals surface area contributed by atoms with Crippen LogP contribution in [0.15, 0.2) is 0 Å². The molecule has 0 aromatic rings. The van der Waals surface area contributed by atoms with Crippen molar-refractivity contribution < 1.29 is 14.3 Å². The third kappa shape index (κ3) is 2.21. The topological polar surface area (TPSA) is 43.4 Å². The van der Waals surface area contributed by atoms with Gasteiger partial charge in [-0.15, -0.1) is 0 Å². The van der Waals surface area contributed by atoms with Crippen molar-refractivity contribution in [2.75, 3.05) is 7.11 Å². The minimum absolute atomic E-state index is 0.0180. The first-order valence-electron chi connectivity index (χ1n) is 7.83. The maximum atomic E-state index is 12.4. The molecular formula is C16H24O3. The molecule has 0 aromatic carbocycles. The second-order valence-electron chi connectivity index (χ2n) is 6.61. The highest BCUT2D eigenvalue weighted by molar-refractivity contribution is 5.85. The predicted octanol–water partition coefficient (Wildman–Crippen LogP) is 2.97. The van der Waals surface area contributed by atoms with Gasteiger partial charge in [0, 0.05) is 12.3 Å². The van der Waals surface area contributed by atoms with Crippen LogP contribution in [0.3, 0.4) is 0 Å². The Hall–Kier alpha value is -0.860. The number of carbonyl (C=O) groups excluding carboxylic acids is 2. The molecule has 3 saturated carbocycles. The molecule has 3 aliphatic carbocycles. The standard InChI is InChI=1S/C16H24O3/c1-19-16(18)13-8-9-14(17)15-11-5-3-2-4-10(11)6-7-12(13)15/h10-13,15H,2-9H2,1H3. The highest BCUT2D eigenvalue weighted by Crippen LogP contribution is 2.52. The van der Waals surface area contributed by atoms with Crippen LogP contribution in [-0.4, -0.2) is 18.9 Å². The molecule has 0 aromatic heterocycles. The van der Waals surface area contributed by atoms with Gasteiger partial charge in [0.05, 0.1) is 13.0 Å². The van der Waals surface area contributed by atoms with Gasteiger partial charge in [-0.25, -0.2) is 0 Å². The molecule has 0 radical (unpaired) electrons. The predicted molar refractivity (Wildman–Crippen MR) is 71.4 cm³/mol. The minimum atomic E-state index is -0.0863. The van der Waals surface area contributed by atoms with E-state index < -0.39 is 0 Å². The van der Waals surface area contributed by atoms with Crippen molar-refractivity contribution in [2.24, 2.45) is 29.6 Å². The number of hydrogen-bond acceptors (Lipinski definition) is 3. The van der Waals surface area contributed by atoms with Crippen LogP contribution in [-0.2, 0) is 14.3 Å². The van der Waals surface area contributed by atoms with Gasteiger partial charge in [0.2, 0.25) is 0 Å². The Morgan fingerprint density at radius 3 is 2.63 bits per heavy atom. The van der Waals surface area contributed by atoms with Gasteiger partial charge in [0.15, 0.2) is 0 Å². The normalized spacial score (nSPS) is 42.2. The zero-order valence-electron chi connectivity index (χ0n) is 11.8. The lowest BCUT2D eigenvalue weighted by Gasteiger charge is -2.48. The summed E-state index contributed by atoms with van der Waals surface area (Å²) in [5, 5.41) is 0. The van der Waals surface area contributed by atoms with Gasteiger partial charge in [0.25, 0.3) is 0 Å². The van der Waals surface area contributed by atoms with Crippen molar-refractivity contribution in [1.29, 1.82) is 0 Å². The number of Topliss-reactive ketones (excluding diaryl/α,β-unsaturated/α-hetero) is 1. The summed E-state index contributed by atoms with van der Waals surface area (Å²) in [6.07, 6.45) is 8.65. The zero-order valence-corrected chi connectivity index (χ0v) is 11.8. The first-order chi connectivity index (χ1) is 9.22. The Bertz CT molecular complexity index is 376. The van der Waals surface area contributed by atoms with E-state index in [0.717, 1.165) is 12.3 Å². The van der Waals surface area contributed by atoms with Gasteiger partial charge in [-0.3, -0.25) is 9.59 Å². The number of esters is 1. The van der Waals surface area contributed by atoms with E-state index in [9.17, 15) is 9.59 Å². The van der Waals surface area contributed by atoms with Crippen LogP contribution in [0.1, 0.15) is 51.4 Å². The molecule has 3 fully saturated rings. The smallest absolute Gasteiger partial charge is 0.308 e. The maximum absolute atomic E-state index is 12.4. The number of rotatable bonds is 1. The van der Waals surface area contributed by atoms with Gasteiger partial charge in [-0.2, -0.15) is 0 Å². The van der Waals surface area contributed by atoms with Crippen LogP contribution in [0.2, 0.25) is 0 Å². The molecule has 0 saturated heterocycles. The van der Waals surface area contributed by atoms with Gasteiger partial charge in [-0.05, 0) is 43.4 Å². The Labute approximate surface area is 115 Å². The van der Waals surface area contributed by atoms with E-state index in [1.54, 1.807) is 0 Å². The molecule has 3 rings (SSSR count). The fraction of sp³-hybridized carbons (Fsp3) is 0.875. The summed E-state index contributed by atoms with van der Waals surface area (Å²) in [7, 11) is 1.47. The number of carbonyl (C=O) groups is 2. The van der Waals surface area contributed by atoms with Crippen LogP contribution >= 0.6 is 0 Å². The Morgan fingerprint density at radius 1 is 1.05 bits per heavy atom. The lowest BCUT2D eigenvalue weighted by Crippen LogP contribution is -2.48. The van der Waals surface area contributed by atoms with E-state index in [1.807, 2.05) is 0 Å².